The third kappa shape index (κ3) is 3.71. The number of ether oxygens (including phenoxy) is 1. The van der Waals surface area contributed by atoms with E-state index in [1.165, 1.54) is 31.4 Å². The van der Waals surface area contributed by atoms with Crippen LogP contribution < -0.4 is 10.1 Å². The van der Waals surface area contributed by atoms with Crippen molar-refractivity contribution >= 4 is 15.8 Å². The smallest absolute Gasteiger partial charge is 0.296 e. The highest BCUT2D eigenvalue weighted by molar-refractivity contribution is 7.86. The van der Waals surface area contributed by atoms with E-state index in [4.69, 9.17) is 25.1 Å². The quantitative estimate of drug-likeness (QED) is 0.622. The molecule has 1 rings (SSSR count). The van der Waals surface area contributed by atoms with Crippen LogP contribution in [0.3, 0.4) is 0 Å². The van der Waals surface area contributed by atoms with E-state index in [0.29, 0.717) is 0 Å². The van der Waals surface area contributed by atoms with E-state index in [9.17, 15) is 8.42 Å². The topological polar surface area (TPSA) is 147 Å². The SMILES string of the molecule is COc1ccc(S(=O)(=O)O)c(NC(C#N)=C(C#N)C#N)c1. The molecule has 0 radical (unpaired) electrons. The lowest BCUT2D eigenvalue weighted by atomic mass is 10.2. The van der Waals surface area contributed by atoms with Gasteiger partial charge in [0.1, 0.15) is 34.5 Å². The van der Waals surface area contributed by atoms with Gasteiger partial charge in [-0.2, -0.15) is 24.2 Å². The number of anilines is 1. The number of rotatable bonds is 4. The number of nitrogens with zero attached hydrogens (tertiary/aromatic N) is 3. The van der Waals surface area contributed by atoms with Crippen LogP contribution >= 0.6 is 0 Å². The summed E-state index contributed by atoms with van der Waals surface area (Å²) in [4.78, 5) is -0.522. The van der Waals surface area contributed by atoms with Crippen molar-refractivity contribution < 1.29 is 17.7 Å². The van der Waals surface area contributed by atoms with Crippen LogP contribution in [-0.4, -0.2) is 20.1 Å². The molecule has 106 valence electrons. The molecule has 0 bridgehead atoms. The Bertz CT molecular complexity index is 806. The lowest BCUT2D eigenvalue weighted by Gasteiger charge is -2.11. The first kappa shape index (κ1) is 16.0. The average molecular weight is 304 g/mol. The summed E-state index contributed by atoms with van der Waals surface area (Å²) in [6.45, 7) is 0. The highest BCUT2D eigenvalue weighted by Gasteiger charge is 2.18. The first-order valence-corrected chi connectivity index (χ1v) is 6.68. The van der Waals surface area contributed by atoms with Gasteiger partial charge in [0.05, 0.1) is 12.8 Å². The summed E-state index contributed by atoms with van der Waals surface area (Å²) in [6, 6.07) is 8.13. The first-order valence-electron chi connectivity index (χ1n) is 5.24. The minimum absolute atomic E-state index is 0.198. The molecular formula is C12H8N4O4S. The minimum Gasteiger partial charge on any atom is -0.497 e. The summed E-state index contributed by atoms with van der Waals surface area (Å²) in [7, 11) is -3.23. The summed E-state index contributed by atoms with van der Waals surface area (Å²) < 4.78 is 36.6. The van der Waals surface area contributed by atoms with Crippen molar-refractivity contribution in [2.45, 2.75) is 4.90 Å². The molecule has 0 fully saturated rings. The molecule has 1 aromatic carbocycles. The summed E-state index contributed by atoms with van der Waals surface area (Å²) >= 11 is 0. The predicted octanol–water partition coefficient (Wildman–Crippen LogP) is 1.18. The Morgan fingerprint density at radius 3 is 2.29 bits per heavy atom. The van der Waals surface area contributed by atoms with Crippen molar-refractivity contribution in [2.75, 3.05) is 12.4 Å². The Hall–Kier alpha value is -3.06. The monoisotopic (exact) mass is 304 g/mol. The maximum atomic E-state index is 11.3. The molecule has 0 amide bonds. The summed E-state index contributed by atoms with van der Waals surface area (Å²) in [5, 5.41) is 28.7. The molecule has 0 spiro atoms. The van der Waals surface area contributed by atoms with Crippen molar-refractivity contribution in [3.05, 3.63) is 29.5 Å². The third-order valence-electron chi connectivity index (χ3n) is 2.31. The van der Waals surface area contributed by atoms with Crippen LogP contribution in [0.2, 0.25) is 0 Å². The zero-order valence-electron chi connectivity index (χ0n) is 10.7. The second kappa shape index (κ2) is 6.40. The molecule has 0 heterocycles. The van der Waals surface area contributed by atoms with Crippen molar-refractivity contribution in [1.29, 1.82) is 15.8 Å². The normalized spacial score (nSPS) is 9.67. The van der Waals surface area contributed by atoms with Gasteiger partial charge in [0.2, 0.25) is 0 Å². The Morgan fingerprint density at radius 1 is 1.24 bits per heavy atom. The molecule has 0 saturated heterocycles. The second-order valence-corrected chi connectivity index (χ2v) is 4.94. The maximum Gasteiger partial charge on any atom is 0.296 e. The van der Waals surface area contributed by atoms with E-state index in [0.717, 1.165) is 6.07 Å². The van der Waals surface area contributed by atoms with Crippen LogP contribution in [0.5, 0.6) is 5.75 Å². The molecule has 0 aromatic heterocycles. The maximum absolute atomic E-state index is 11.3. The molecule has 1 aromatic rings. The molecule has 0 saturated carbocycles. The number of allylic oxidation sites excluding steroid dienone is 2. The van der Waals surface area contributed by atoms with Crippen LogP contribution in [0.1, 0.15) is 0 Å². The Labute approximate surface area is 120 Å². The second-order valence-electron chi connectivity index (χ2n) is 3.55. The van der Waals surface area contributed by atoms with Crippen LogP contribution in [0.4, 0.5) is 5.69 Å². The minimum atomic E-state index is -4.57. The van der Waals surface area contributed by atoms with Crippen molar-refractivity contribution in [3.8, 4) is 24.0 Å². The summed E-state index contributed by atoms with van der Waals surface area (Å²) in [5.41, 5.74) is -1.17. The molecule has 21 heavy (non-hydrogen) atoms. The zero-order valence-corrected chi connectivity index (χ0v) is 11.5. The van der Waals surface area contributed by atoms with E-state index >= 15 is 0 Å². The van der Waals surface area contributed by atoms with Gasteiger partial charge in [-0.15, -0.1) is 0 Å². The first-order chi connectivity index (χ1) is 9.87. The average Bonchev–Trinajstić information content (AvgIpc) is 2.45. The van der Waals surface area contributed by atoms with E-state index in [1.54, 1.807) is 6.07 Å². The molecule has 0 aliphatic carbocycles. The fraction of sp³-hybridized carbons (Fsp3) is 0.0833. The molecule has 2 N–H and O–H groups in total. The van der Waals surface area contributed by atoms with Crippen LogP contribution in [0, 0.1) is 34.0 Å². The Balaban J connectivity index is 3.50. The largest absolute Gasteiger partial charge is 0.497 e. The van der Waals surface area contributed by atoms with Crippen molar-refractivity contribution in [2.24, 2.45) is 0 Å². The number of nitrogens with one attached hydrogen (secondary N) is 1. The molecule has 8 nitrogen and oxygen atoms in total. The number of hydrogen-bond donors (Lipinski definition) is 2. The van der Waals surface area contributed by atoms with Crippen LogP contribution in [0.25, 0.3) is 0 Å². The van der Waals surface area contributed by atoms with E-state index in [2.05, 4.69) is 5.32 Å². The van der Waals surface area contributed by atoms with Gasteiger partial charge in [0, 0.05) is 6.07 Å². The van der Waals surface area contributed by atoms with Gasteiger partial charge < -0.3 is 10.1 Å². The van der Waals surface area contributed by atoms with Gasteiger partial charge >= 0.3 is 0 Å². The summed E-state index contributed by atoms with van der Waals surface area (Å²) in [5.74, 6) is 0.248. The van der Waals surface area contributed by atoms with Crippen molar-refractivity contribution in [1.82, 2.24) is 0 Å². The zero-order chi connectivity index (χ0) is 16.0. The number of hydrogen-bond acceptors (Lipinski definition) is 7. The highest BCUT2D eigenvalue weighted by atomic mass is 32.2. The van der Waals surface area contributed by atoms with Crippen LogP contribution in [0.15, 0.2) is 34.4 Å². The molecule has 0 atom stereocenters. The van der Waals surface area contributed by atoms with Gasteiger partial charge in [0.25, 0.3) is 10.1 Å². The molecular weight excluding hydrogens is 296 g/mol. The number of nitriles is 3. The molecule has 9 heteroatoms. The Kier molecular flexibility index (Phi) is 4.87. The lowest BCUT2D eigenvalue weighted by molar-refractivity contribution is 0.414. The van der Waals surface area contributed by atoms with Gasteiger partial charge in [-0.3, -0.25) is 4.55 Å². The number of methoxy groups -OCH3 is 1. The Morgan fingerprint density at radius 2 is 1.86 bits per heavy atom. The van der Waals surface area contributed by atoms with E-state index in [-0.39, 0.29) is 11.4 Å². The van der Waals surface area contributed by atoms with Gasteiger partial charge in [-0.05, 0) is 12.1 Å². The standard InChI is InChI=1S/C12H8N4O4S/c1-20-9-2-3-12(21(17,18)19)10(4-9)16-11(7-15)8(5-13)6-14/h2-4,16H,1H3,(H,17,18,19). The summed E-state index contributed by atoms with van der Waals surface area (Å²) in [6.07, 6.45) is 0. The molecule has 0 unspecified atom stereocenters. The fourth-order valence-electron chi connectivity index (χ4n) is 1.38. The lowest BCUT2D eigenvalue weighted by Crippen LogP contribution is -2.07. The van der Waals surface area contributed by atoms with Crippen molar-refractivity contribution in [3.63, 3.8) is 0 Å². The molecule has 0 aliphatic heterocycles. The van der Waals surface area contributed by atoms with Gasteiger partial charge in [-0.1, -0.05) is 0 Å². The third-order valence-corrected chi connectivity index (χ3v) is 3.22. The van der Waals surface area contributed by atoms with E-state index in [1.807, 2.05) is 0 Å². The highest BCUT2D eigenvalue weighted by Crippen LogP contribution is 2.27. The van der Waals surface area contributed by atoms with E-state index < -0.39 is 26.3 Å². The fourth-order valence-corrected chi connectivity index (χ4v) is 2.00. The van der Waals surface area contributed by atoms with Gasteiger partial charge in [-0.25, -0.2) is 0 Å². The number of benzene rings is 1. The molecule has 0 aliphatic rings. The predicted molar refractivity (Wildman–Crippen MR) is 70.3 cm³/mol. The van der Waals surface area contributed by atoms with Crippen LogP contribution in [-0.2, 0) is 10.1 Å². The van der Waals surface area contributed by atoms with Gasteiger partial charge in [0.15, 0.2) is 5.57 Å².